The standard InChI is InChI=1S/C16H26N2O3.ClH/c1-3-5-11-21-14-8-7-13(12-15(14)20-4-2)16(19)18-10-6-9-17;/h7-8,12H,3-6,9-11,17H2,1-2H3,(H,18,19);1H. The molecule has 0 atom stereocenters. The summed E-state index contributed by atoms with van der Waals surface area (Å²) in [4.78, 5) is 12.0. The Bertz CT molecular complexity index is 441. The molecule has 0 aliphatic carbocycles. The number of carbonyl (C=O) groups excluding carboxylic acids is 1. The second-order valence-electron chi connectivity index (χ2n) is 4.69. The quantitative estimate of drug-likeness (QED) is 0.647. The van der Waals surface area contributed by atoms with E-state index < -0.39 is 0 Å². The molecule has 0 aromatic heterocycles. The van der Waals surface area contributed by atoms with Gasteiger partial charge in [0.25, 0.3) is 5.91 Å². The van der Waals surface area contributed by atoms with Gasteiger partial charge in [0.05, 0.1) is 13.2 Å². The molecule has 0 aliphatic heterocycles. The van der Waals surface area contributed by atoms with Crippen LogP contribution >= 0.6 is 12.4 Å². The van der Waals surface area contributed by atoms with Crippen LogP contribution < -0.4 is 20.5 Å². The van der Waals surface area contributed by atoms with E-state index in [1.807, 2.05) is 6.92 Å². The summed E-state index contributed by atoms with van der Waals surface area (Å²) >= 11 is 0. The fraction of sp³-hybridized carbons (Fsp3) is 0.562. The number of hydrogen-bond donors (Lipinski definition) is 2. The molecule has 22 heavy (non-hydrogen) atoms. The minimum atomic E-state index is -0.121. The van der Waals surface area contributed by atoms with E-state index in [1.54, 1.807) is 18.2 Å². The maximum absolute atomic E-state index is 12.0. The fourth-order valence-electron chi connectivity index (χ4n) is 1.77. The molecule has 0 heterocycles. The lowest BCUT2D eigenvalue weighted by atomic mass is 10.2. The van der Waals surface area contributed by atoms with Crippen LogP contribution in [-0.4, -0.2) is 32.2 Å². The second kappa shape index (κ2) is 12.1. The van der Waals surface area contributed by atoms with Crippen LogP contribution in [0.15, 0.2) is 18.2 Å². The van der Waals surface area contributed by atoms with Gasteiger partial charge < -0.3 is 20.5 Å². The number of halogens is 1. The van der Waals surface area contributed by atoms with Gasteiger partial charge in [-0.1, -0.05) is 13.3 Å². The Kier molecular flexibility index (Phi) is 11.3. The van der Waals surface area contributed by atoms with Crippen molar-refractivity contribution in [1.82, 2.24) is 5.32 Å². The highest BCUT2D eigenvalue weighted by Crippen LogP contribution is 2.28. The summed E-state index contributed by atoms with van der Waals surface area (Å²) in [6, 6.07) is 5.27. The highest BCUT2D eigenvalue weighted by atomic mass is 35.5. The first kappa shape index (κ1) is 20.5. The van der Waals surface area contributed by atoms with Gasteiger partial charge in [-0.25, -0.2) is 0 Å². The van der Waals surface area contributed by atoms with Gasteiger partial charge in [-0.2, -0.15) is 0 Å². The van der Waals surface area contributed by atoms with Crippen molar-refractivity contribution in [2.24, 2.45) is 5.73 Å². The van der Waals surface area contributed by atoms with Gasteiger partial charge in [0, 0.05) is 12.1 Å². The molecule has 0 radical (unpaired) electrons. The van der Waals surface area contributed by atoms with Crippen molar-refractivity contribution in [1.29, 1.82) is 0 Å². The highest BCUT2D eigenvalue weighted by molar-refractivity contribution is 5.94. The number of unbranched alkanes of at least 4 members (excludes halogenated alkanes) is 1. The average Bonchev–Trinajstić information content (AvgIpc) is 2.49. The lowest BCUT2D eigenvalue weighted by molar-refractivity contribution is 0.0953. The number of benzene rings is 1. The van der Waals surface area contributed by atoms with Gasteiger partial charge in [0.2, 0.25) is 0 Å². The van der Waals surface area contributed by atoms with Crippen LogP contribution in [0.25, 0.3) is 0 Å². The van der Waals surface area contributed by atoms with Crippen molar-refractivity contribution in [2.75, 3.05) is 26.3 Å². The van der Waals surface area contributed by atoms with Crippen molar-refractivity contribution < 1.29 is 14.3 Å². The van der Waals surface area contributed by atoms with Gasteiger partial charge in [0.1, 0.15) is 0 Å². The van der Waals surface area contributed by atoms with Crippen molar-refractivity contribution in [3.05, 3.63) is 23.8 Å². The Morgan fingerprint density at radius 2 is 1.95 bits per heavy atom. The first-order valence-corrected chi connectivity index (χ1v) is 7.60. The summed E-state index contributed by atoms with van der Waals surface area (Å²) in [5.74, 6) is 1.17. The van der Waals surface area contributed by atoms with Crippen molar-refractivity contribution in [2.45, 2.75) is 33.1 Å². The van der Waals surface area contributed by atoms with Crippen LogP contribution in [0.4, 0.5) is 0 Å². The first-order chi connectivity index (χ1) is 10.2. The Hall–Kier alpha value is -1.46. The molecule has 0 aliphatic rings. The Labute approximate surface area is 139 Å². The smallest absolute Gasteiger partial charge is 0.251 e. The maximum Gasteiger partial charge on any atom is 0.251 e. The first-order valence-electron chi connectivity index (χ1n) is 7.60. The second-order valence-corrected chi connectivity index (χ2v) is 4.69. The summed E-state index contributed by atoms with van der Waals surface area (Å²) in [5.41, 5.74) is 5.97. The molecule has 0 unspecified atom stereocenters. The third-order valence-corrected chi connectivity index (χ3v) is 2.93. The summed E-state index contributed by atoms with van der Waals surface area (Å²) in [6.45, 7) is 6.34. The molecule has 1 aromatic carbocycles. The summed E-state index contributed by atoms with van der Waals surface area (Å²) in [6.07, 6.45) is 2.83. The molecule has 1 amide bonds. The lowest BCUT2D eigenvalue weighted by Crippen LogP contribution is -2.25. The molecule has 3 N–H and O–H groups in total. The molecule has 0 saturated carbocycles. The van der Waals surface area contributed by atoms with E-state index in [-0.39, 0.29) is 18.3 Å². The topological polar surface area (TPSA) is 73.6 Å². The van der Waals surface area contributed by atoms with Gasteiger partial charge in [-0.05, 0) is 44.5 Å². The number of amides is 1. The zero-order valence-corrected chi connectivity index (χ0v) is 14.2. The van der Waals surface area contributed by atoms with Crippen LogP contribution in [0.2, 0.25) is 0 Å². The SMILES string of the molecule is CCCCOc1ccc(C(=O)NCCCN)cc1OCC.Cl. The largest absolute Gasteiger partial charge is 0.490 e. The van der Waals surface area contributed by atoms with E-state index in [1.165, 1.54) is 0 Å². The zero-order chi connectivity index (χ0) is 15.5. The molecule has 0 bridgehead atoms. The number of carbonyl (C=O) groups is 1. The van der Waals surface area contributed by atoms with Crippen molar-refractivity contribution in [3.63, 3.8) is 0 Å². The molecule has 0 fully saturated rings. The maximum atomic E-state index is 12.0. The molecular formula is C16H27ClN2O3. The average molecular weight is 331 g/mol. The van der Waals surface area contributed by atoms with Crippen LogP contribution in [0.3, 0.4) is 0 Å². The highest BCUT2D eigenvalue weighted by Gasteiger charge is 2.11. The van der Waals surface area contributed by atoms with Crippen LogP contribution in [0.5, 0.6) is 11.5 Å². The number of rotatable bonds is 10. The molecule has 5 nitrogen and oxygen atoms in total. The Morgan fingerprint density at radius 1 is 1.18 bits per heavy atom. The van der Waals surface area contributed by atoms with Gasteiger partial charge in [-0.3, -0.25) is 4.79 Å². The van der Waals surface area contributed by atoms with E-state index in [0.29, 0.717) is 43.4 Å². The van der Waals surface area contributed by atoms with Crippen molar-refractivity contribution >= 4 is 18.3 Å². The summed E-state index contributed by atoms with van der Waals surface area (Å²) < 4.78 is 11.2. The molecule has 1 rings (SSSR count). The van der Waals surface area contributed by atoms with E-state index >= 15 is 0 Å². The van der Waals surface area contributed by atoms with Crippen LogP contribution in [0.1, 0.15) is 43.5 Å². The Morgan fingerprint density at radius 3 is 2.59 bits per heavy atom. The normalized spacial score (nSPS) is 9.77. The van der Waals surface area contributed by atoms with Crippen molar-refractivity contribution in [3.8, 4) is 11.5 Å². The van der Waals surface area contributed by atoms with E-state index in [2.05, 4.69) is 12.2 Å². The van der Waals surface area contributed by atoms with E-state index in [4.69, 9.17) is 15.2 Å². The predicted molar refractivity (Wildman–Crippen MR) is 91.3 cm³/mol. The number of nitrogens with two attached hydrogens (primary N) is 1. The van der Waals surface area contributed by atoms with Gasteiger partial charge >= 0.3 is 0 Å². The van der Waals surface area contributed by atoms with Gasteiger partial charge in [0.15, 0.2) is 11.5 Å². The summed E-state index contributed by atoms with van der Waals surface area (Å²) in [5, 5.41) is 2.83. The lowest BCUT2D eigenvalue weighted by Gasteiger charge is -2.13. The molecular weight excluding hydrogens is 304 g/mol. The number of hydrogen-bond acceptors (Lipinski definition) is 4. The van der Waals surface area contributed by atoms with Crippen LogP contribution in [-0.2, 0) is 0 Å². The molecule has 0 saturated heterocycles. The molecule has 0 spiro atoms. The molecule has 1 aromatic rings. The third kappa shape index (κ3) is 7.00. The van der Waals surface area contributed by atoms with Gasteiger partial charge in [-0.15, -0.1) is 12.4 Å². The molecule has 126 valence electrons. The minimum absolute atomic E-state index is 0. The Balaban J connectivity index is 0.00000441. The minimum Gasteiger partial charge on any atom is -0.490 e. The van der Waals surface area contributed by atoms with E-state index in [9.17, 15) is 4.79 Å². The number of nitrogens with one attached hydrogen (secondary N) is 1. The number of ether oxygens (including phenoxy) is 2. The zero-order valence-electron chi connectivity index (χ0n) is 13.4. The summed E-state index contributed by atoms with van der Waals surface area (Å²) in [7, 11) is 0. The predicted octanol–water partition coefficient (Wildman–Crippen LogP) is 2.76. The van der Waals surface area contributed by atoms with Crippen LogP contribution in [0, 0.1) is 0 Å². The monoisotopic (exact) mass is 330 g/mol. The van der Waals surface area contributed by atoms with E-state index in [0.717, 1.165) is 19.3 Å². The third-order valence-electron chi connectivity index (χ3n) is 2.93. The fourth-order valence-corrected chi connectivity index (χ4v) is 1.77. The molecule has 6 heteroatoms.